The number of aromatic nitrogens is 3. The fourth-order valence-corrected chi connectivity index (χ4v) is 1.75. The summed E-state index contributed by atoms with van der Waals surface area (Å²) < 4.78 is 37.1. The van der Waals surface area contributed by atoms with Crippen LogP contribution in [0.4, 0.5) is 13.2 Å². The van der Waals surface area contributed by atoms with Crippen LogP contribution >= 0.6 is 15.9 Å². The molecule has 0 amide bonds. The van der Waals surface area contributed by atoms with E-state index >= 15 is 0 Å². The van der Waals surface area contributed by atoms with E-state index in [1.807, 2.05) is 0 Å². The van der Waals surface area contributed by atoms with Gasteiger partial charge in [0.25, 0.3) is 0 Å². The summed E-state index contributed by atoms with van der Waals surface area (Å²) in [5.41, 5.74) is -0.177. The zero-order chi connectivity index (χ0) is 10.3. The number of benzene rings is 1. The maximum absolute atomic E-state index is 12.4. The van der Waals surface area contributed by atoms with E-state index in [4.69, 9.17) is 0 Å². The molecule has 1 aromatic heterocycles. The third-order valence-electron chi connectivity index (χ3n) is 1.73. The largest absolute Gasteiger partial charge is 0.417 e. The predicted octanol–water partition coefficient (Wildman–Crippen LogP) is 2.74. The summed E-state index contributed by atoms with van der Waals surface area (Å²) in [5.74, 6) is 0. The molecule has 0 bridgehead atoms. The second-order valence-corrected chi connectivity index (χ2v) is 3.41. The summed E-state index contributed by atoms with van der Waals surface area (Å²) in [5, 5.41) is 9.54. The van der Waals surface area contributed by atoms with E-state index in [0.717, 1.165) is 6.07 Å². The van der Waals surface area contributed by atoms with Crippen molar-refractivity contribution in [1.82, 2.24) is 15.4 Å². The number of rotatable bonds is 0. The SMILES string of the molecule is FC(F)(F)c1ccc2n[nH]nc2c1Br. The van der Waals surface area contributed by atoms with Gasteiger partial charge in [0.2, 0.25) is 0 Å². The number of nitrogens with one attached hydrogen (secondary N) is 1. The molecule has 1 N–H and O–H groups in total. The fraction of sp³-hybridized carbons (Fsp3) is 0.143. The van der Waals surface area contributed by atoms with Gasteiger partial charge in [-0.25, -0.2) is 0 Å². The van der Waals surface area contributed by atoms with Gasteiger partial charge in [0.15, 0.2) is 0 Å². The van der Waals surface area contributed by atoms with Crippen molar-refractivity contribution >= 4 is 27.0 Å². The third kappa shape index (κ3) is 1.37. The molecule has 1 aromatic carbocycles. The van der Waals surface area contributed by atoms with E-state index in [0.29, 0.717) is 5.52 Å². The summed E-state index contributed by atoms with van der Waals surface area (Å²) in [4.78, 5) is 0. The Morgan fingerprint density at radius 1 is 1.21 bits per heavy atom. The lowest BCUT2D eigenvalue weighted by molar-refractivity contribution is -0.138. The standard InChI is InChI=1S/C7H3BrF3N3/c8-5-3(7(9,10)11)1-2-4-6(5)13-14-12-4/h1-2H,(H,12,13,14). The van der Waals surface area contributed by atoms with Gasteiger partial charge in [0.05, 0.1) is 10.0 Å². The number of halogens is 4. The number of fused-ring (bicyclic) bond motifs is 1. The van der Waals surface area contributed by atoms with Crippen LogP contribution in [0.15, 0.2) is 16.6 Å². The van der Waals surface area contributed by atoms with E-state index in [1.54, 1.807) is 0 Å². The monoisotopic (exact) mass is 265 g/mol. The molecular formula is C7H3BrF3N3. The van der Waals surface area contributed by atoms with Crippen molar-refractivity contribution in [3.05, 3.63) is 22.2 Å². The van der Waals surface area contributed by atoms with Crippen LogP contribution in [0.25, 0.3) is 11.0 Å². The first kappa shape index (κ1) is 9.45. The molecule has 2 aromatic rings. The minimum absolute atomic E-state index is 0.0868. The summed E-state index contributed by atoms with van der Waals surface area (Å²) in [6.07, 6.45) is -4.38. The highest BCUT2D eigenvalue weighted by Crippen LogP contribution is 2.37. The summed E-state index contributed by atoms with van der Waals surface area (Å²) >= 11 is 2.85. The lowest BCUT2D eigenvalue weighted by Gasteiger charge is -2.07. The summed E-state index contributed by atoms with van der Waals surface area (Å²) in [6, 6.07) is 2.24. The van der Waals surface area contributed by atoms with Gasteiger partial charge < -0.3 is 0 Å². The van der Waals surface area contributed by atoms with Crippen LogP contribution in [0, 0.1) is 0 Å². The van der Waals surface area contributed by atoms with Gasteiger partial charge in [-0.15, -0.1) is 0 Å². The number of aromatic amines is 1. The normalized spacial score (nSPS) is 12.3. The Morgan fingerprint density at radius 3 is 2.57 bits per heavy atom. The lowest BCUT2D eigenvalue weighted by atomic mass is 10.2. The van der Waals surface area contributed by atoms with Crippen molar-refractivity contribution in [3.8, 4) is 0 Å². The smallest absolute Gasteiger partial charge is 0.197 e. The number of alkyl halides is 3. The predicted molar refractivity (Wildman–Crippen MR) is 46.6 cm³/mol. The zero-order valence-corrected chi connectivity index (χ0v) is 8.15. The number of hydrogen-bond donors (Lipinski definition) is 1. The van der Waals surface area contributed by atoms with Crippen LogP contribution in [0.3, 0.4) is 0 Å². The van der Waals surface area contributed by atoms with Crippen LogP contribution in [0.1, 0.15) is 5.56 Å². The van der Waals surface area contributed by atoms with Gasteiger partial charge in [0.1, 0.15) is 11.0 Å². The van der Waals surface area contributed by atoms with Crippen LogP contribution < -0.4 is 0 Å². The quantitative estimate of drug-likeness (QED) is 0.796. The lowest BCUT2D eigenvalue weighted by Crippen LogP contribution is -2.05. The average Bonchev–Trinajstić information content (AvgIpc) is 2.50. The number of H-pyrrole nitrogens is 1. The maximum Gasteiger partial charge on any atom is 0.417 e. The zero-order valence-electron chi connectivity index (χ0n) is 6.56. The van der Waals surface area contributed by atoms with Crippen LogP contribution in [0.5, 0.6) is 0 Å². The first-order chi connectivity index (χ1) is 6.50. The molecule has 0 unspecified atom stereocenters. The van der Waals surface area contributed by atoms with E-state index < -0.39 is 11.7 Å². The molecular weight excluding hydrogens is 263 g/mol. The van der Waals surface area contributed by atoms with Crippen molar-refractivity contribution in [2.75, 3.05) is 0 Å². The van der Waals surface area contributed by atoms with Crippen molar-refractivity contribution in [3.63, 3.8) is 0 Å². The molecule has 0 atom stereocenters. The van der Waals surface area contributed by atoms with E-state index in [9.17, 15) is 13.2 Å². The molecule has 14 heavy (non-hydrogen) atoms. The highest BCUT2D eigenvalue weighted by atomic mass is 79.9. The van der Waals surface area contributed by atoms with Gasteiger partial charge in [-0.2, -0.15) is 28.6 Å². The minimum Gasteiger partial charge on any atom is -0.197 e. The van der Waals surface area contributed by atoms with E-state index in [2.05, 4.69) is 31.3 Å². The van der Waals surface area contributed by atoms with Crippen molar-refractivity contribution in [2.45, 2.75) is 6.18 Å². The first-order valence-corrected chi connectivity index (χ1v) is 4.35. The molecule has 1 heterocycles. The average molecular weight is 266 g/mol. The highest BCUT2D eigenvalue weighted by Gasteiger charge is 2.34. The Morgan fingerprint density at radius 2 is 1.93 bits per heavy atom. The van der Waals surface area contributed by atoms with Gasteiger partial charge in [0, 0.05) is 0 Å². The van der Waals surface area contributed by atoms with E-state index in [1.165, 1.54) is 6.07 Å². The molecule has 74 valence electrons. The molecule has 2 rings (SSSR count). The molecule has 0 spiro atoms. The summed E-state index contributed by atoms with van der Waals surface area (Å²) in [6.45, 7) is 0. The molecule has 3 nitrogen and oxygen atoms in total. The number of hydrogen-bond acceptors (Lipinski definition) is 2. The Kier molecular flexibility index (Phi) is 1.99. The molecule has 0 radical (unpaired) electrons. The molecule has 0 aliphatic rings. The highest BCUT2D eigenvalue weighted by molar-refractivity contribution is 9.10. The molecule has 0 fully saturated rings. The van der Waals surface area contributed by atoms with Crippen molar-refractivity contribution in [2.24, 2.45) is 0 Å². The first-order valence-electron chi connectivity index (χ1n) is 3.56. The minimum atomic E-state index is -4.38. The van der Waals surface area contributed by atoms with Crippen LogP contribution in [-0.4, -0.2) is 15.4 Å². The van der Waals surface area contributed by atoms with Crippen LogP contribution in [-0.2, 0) is 6.18 Å². The molecule has 0 saturated heterocycles. The Hall–Kier alpha value is -1.11. The third-order valence-corrected chi connectivity index (χ3v) is 2.54. The van der Waals surface area contributed by atoms with Crippen LogP contribution in [0.2, 0.25) is 0 Å². The Labute approximate surface area is 84.4 Å². The van der Waals surface area contributed by atoms with E-state index in [-0.39, 0.29) is 9.99 Å². The molecule has 7 heteroatoms. The number of nitrogens with zero attached hydrogens (tertiary/aromatic N) is 2. The topological polar surface area (TPSA) is 41.6 Å². The second-order valence-electron chi connectivity index (χ2n) is 2.62. The molecule has 0 aliphatic heterocycles. The van der Waals surface area contributed by atoms with Gasteiger partial charge in [-0.1, -0.05) is 0 Å². The Balaban J connectivity index is 2.74. The molecule has 0 aliphatic carbocycles. The van der Waals surface area contributed by atoms with Gasteiger partial charge in [-0.3, -0.25) is 0 Å². The van der Waals surface area contributed by atoms with Crippen molar-refractivity contribution in [1.29, 1.82) is 0 Å². The van der Waals surface area contributed by atoms with Gasteiger partial charge >= 0.3 is 6.18 Å². The van der Waals surface area contributed by atoms with Gasteiger partial charge in [-0.05, 0) is 28.1 Å². The summed E-state index contributed by atoms with van der Waals surface area (Å²) in [7, 11) is 0. The molecule has 0 saturated carbocycles. The Bertz CT molecular complexity index is 476. The second kappa shape index (κ2) is 2.94. The van der Waals surface area contributed by atoms with Crippen molar-refractivity contribution < 1.29 is 13.2 Å². The maximum atomic E-state index is 12.4. The fourth-order valence-electron chi connectivity index (χ4n) is 1.10.